The average Bonchev–Trinajstić information content (AvgIpc) is 3.09. The van der Waals surface area contributed by atoms with Crippen molar-refractivity contribution in [2.45, 2.75) is 19.6 Å². The molecule has 1 atom stereocenters. The van der Waals surface area contributed by atoms with Gasteiger partial charge in [-0.25, -0.2) is 4.98 Å². The van der Waals surface area contributed by atoms with Gasteiger partial charge in [0.1, 0.15) is 11.9 Å². The minimum atomic E-state index is -0.310. The largest absolute Gasteiger partial charge is 0.367 e. The molecule has 2 aromatic rings. The number of hydrogen-bond acceptors (Lipinski definition) is 5. The van der Waals surface area contributed by atoms with Crippen LogP contribution in [0.2, 0.25) is 0 Å². The average molecular weight is 329 g/mol. The molecule has 1 saturated heterocycles. The zero-order chi connectivity index (χ0) is 16.9. The number of nitrogens with one attached hydrogen (secondary N) is 2. The lowest BCUT2D eigenvalue weighted by Gasteiger charge is -2.32. The molecule has 1 fully saturated rings. The van der Waals surface area contributed by atoms with E-state index in [1.54, 1.807) is 35.6 Å². The number of aromatic nitrogens is 3. The Morgan fingerprint density at radius 1 is 1.42 bits per heavy atom. The van der Waals surface area contributed by atoms with E-state index in [0.29, 0.717) is 37.6 Å². The number of carbonyl (C=O) groups is 2. The van der Waals surface area contributed by atoms with Crippen molar-refractivity contribution in [1.82, 2.24) is 25.2 Å². The minimum Gasteiger partial charge on any atom is -0.367 e. The molecule has 1 aliphatic heterocycles. The third kappa shape index (κ3) is 3.77. The number of morpholine rings is 1. The van der Waals surface area contributed by atoms with Gasteiger partial charge in [-0.1, -0.05) is 0 Å². The van der Waals surface area contributed by atoms with Crippen molar-refractivity contribution in [1.29, 1.82) is 0 Å². The Labute approximate surface area is 139 Å². The number of carbonyl (C=O) groups excluding carboxylic acids is 2. The fraction of sp³-hybridized carbons (Fsp3) is 0.375. The molecule has 2 aromatic heterocycles. The Balaban J connectivity index is 1.65. The number of aromatic amines is 1. The van der Waals surface area contributed by atoms with Crippen molar-refractivity contribution in [3.05, 3.63) is 47.8 Å². The molecule has 0 aromatic carbocycles. The summed E-state index contributed by atoms with van der Waals surface area (Å²) in [4.78, 5) is 36.6. The van der Waals surface area contributed by atoms with Gasteiger partial charge in [0.25, 0.3) is 5.91 Å². The molecule has 8 nitrogen and oxygen atoms in total. The zero-order valence-electron chi connectivity index (χ0n) is 13.4. The molecule has 0 spiro atoms. The van der Waals surface area contributed by atoms with Crippen LogP contribution in [-0.2, 0) is 16.1 Å². The molecule has 0 radical (unpaired) electrons. The molecule has 24 heavy (non-hydrogen) atoms. The normalized spacial score (nSPS) is 17.5. The summed E-state index contributed by atoms with van der Waals surface area (Å²) in [5.74, 6) is 0.507. The van der Waals surface area contributed by atoms with E-state index in [9.17, 15) is 9.59 Å². The third-order valence-corrected chi connectivity index (χ3v) is 3.76. The second-order valence-electron chi connectivity index (χ2n) is 5.55. The third-order valence-electron chi connectivity index (χ3n) is 3.76. The lowest BCUT2D eigenvalue weighted by atomic mass is 10.2. The number of hydrogen-bond donors (Lipinski definition) is 2. The summed E-state index contributed by atoms with van der Waals surface area (Å²) >= 11 is 0. The molecule has 8 heteroatoms. The van der Waals surface area contributed by atoms with Crippen LogP contribution in [0.5, 0.6) is 0 Å². The van der Waals surface area contributed by atoms with E-state index in [-0.39, 0.29) is 17.9 Å². The summed E-state index contributed by atoms with van der Waals surface area (Å²) in [6.07, 6.45) is 4.56. The molecule has 126 valence electrons. The fourth-order valence-corrected chi connectivity index (χ4v) is 2.53. The molecule has 2 amide bonds. The summed E-state index contributed by atoms with van der Waals surface area (Å²) < 4.78 is 5.73. The highest BCUT2D eigenvalue weighted by Gasteiger charge is 2.27. The Morgan fingerprint density at radius 2 is 2.21 bits per heavy atom. The van der Waals surface area contributed by atoms with Crippen molar-refractivity contribution in [3.8, 4) is 0 Å². The van der Waals surface area contributed by atoms with Crippen molar-refractivity contribution >= 4 is 11.8 Å². The number of amides is 2. The number of rotatable bonds is 4. The first-order valence-corrected chi connectivity index (χ1v) is 7.72. The maximum atomic E-state index is 12.5. The number of pyridine rings is 1. The van der Waals surface area contributed by atoms with Crippen LogP contribution in [0.1, 0.15) is 34.9 Å². The van der Waals surface area contributed by atoms with E-state index in [0.717, 1.165) is 5.69 Å². The maximum Gasteiger partial charge on any atom is 0.254 e. The van der Waals surface area contributed by atoms with Crippen molar-refractivity contribution in [2.75, 3.05) is 19.7 Å². The lowest BCUT2D eigenvalue weighted by molar-refractivity contribution is -0.119. The van der Waals surface area contributed by atoms with Gasteiger partial charge in [0.2, 0.25) is 5.91 Å². The van der Waals surface area contributed by atoms with Crippen LogP contribution >= 0.6 is 0 Å². The van der Waals surface area contributed by atoms with E-state index in [1.807, 2.05) is 0 Å². The number of H-pyrrole nitrogens is 1. The lowest BCUT2D eigenvalue weighted by Crippen LogP contribution is -2.42. The van der Waals surface area contributed by atoms with Crippen LogP contribution in [0.3, 0.4) is 0 Å². The molecule has 2 N–H and O–H groups in total. The predicted molar refractivity (Wildman–Crippen MR) is 84.9 cm³/mol. The quantitative estimate of drug-likeness (QED) is 0.858. The van der Waals surface area contributed by atoms with Gasteiger partial charge in [0.15, 0.2) is 0 Å². The first-order chi connectivity index (χ1) is 11.6. The van der Waals surface area contributed by atoms with Crippen LogP contribution in [0.15, 0.2) is 30.7 Å². The fourth-order valence-electron chi connectivity index (χ4n) is 2.53. The van der Waals surface area contributed by atoms with Crippen LogP contribution in [0.4, 0.5) is 0 Å². The molecule has 1 aliphatic rings. The Morgan fingerprint density at radius 3 is 2.96 bits per heavy atom. The summed E-state index contributed by atoms with van der Waals surface area (Å²) in [6.45, 7) is 3.26. The van der Waals surface area contributed by atoms with Crippen LogP contribution in [-0.4, -0.2) is 51.4 Å². The van der Waals surface area contributed by atoms with Gasteiger partial charge in [-0.15, -0.1) is 0 Å². The van der Waals surface area contributed by atoms with Crippen LogP contribution < -0.4 is 5.32 Å². The van der Waals surface area contributed by atoms with Gasteiger partial charge in [-0.3, -0.25) is 14.6 Å². The smallest absolute Gasteiger partial charge is 0.254 e. The second-order valence-corrected chi connectivity index (χ2v) is 5.55. The number of nitrogens with zero attached hydrogens (tertiary/aromatic N) is 3. The highest BCUT2D eigenvalue weighted by Crippen LogP contribution is 2.21. The van der Waals surface area contributed by atoms with E-state index >= 15 is 0 Å². The summed E-state index contributed by atoms with van der Waals surface area (Å²) in [5.41, 5.74) is 1.40. The molecule has 0 bridgehead atoms. The highest BCUT2D eigenvalue weighted by atomic mass is 16.5. The molecule has 1 unspecified atom stereocenters. The zero-order valence-corrected chi connectivity index (χ0v) is 13.4. The van der Waals surface area contributed by atoms with Gasteiger partial charge in [-0.05, 0) is 12.1 Å². The van der Waals surface area contributed by atoms with E-state index < -0.39 is 0 Å². The van der Waals surface area contributed by atoms with Gasteiger partial charge >= 0.3 is 0 Å². The van der Waals surface area contributed by atoms with Gasteiger partial charge in [0, 0.05) is 31.4 Å². The predicted octanol–water partition coefficient (Wildman–Crippen LogP) is 0.654. The maximum absolute atomic E-state index is 12.5. The molecular formula is C16H19N5O3. The first kappa shape index (κ1) is 16.1. The Kier molecular flexibility index (Phi) is 4.85. The summed E-state index contributed by atoms with van der Waals surface area (Å²) in [6, 6.07) is 3.40. The van der Waals surface area contributed by atoms with E-state index in [1.165, 1.54) is 6.92 Å². The van der Waals surface area contributed by atoms with E-state index in [4.69, 9.17) is 4.74 Å². The Bertz CT molecular complexity index is 716. The molecule has 0 aliphatic carbocycles. The van der Waals surface area contributed by atoms with Crippen molar-refractivity contribution in [3.63, 3.8) is 0 Å². The van der Waals surface area contributed by atoms with Crippen molar-refractivity contribution < 1.29 is 14.3 Å². The first-order valence-electron chi connectivity index (χ1n) is 7.72. The van der Waals surface area contributed by atoms with Gasteiger partial charge in [-0.2, -0.15) is 0 Å². The summed E-state index contributed by atoms with van der Waals surface area (Å²) in [5, 5.41) is 2.71. The number of ether oxygens (including phenoxy) is 1. The van der Waals surface area contributed by atoms with Gasteiger partial charge < -0.3 is 19.9 Å². The summed E-state index contributed by atoms with van der Waals surface area (Å²) in [7, 11) is 0. The SMILES string of the molecule is CC(=O)NCc1cnc(C2CN(C(=O)c3ccncc3)CCO2)[nH]1. The minimum absolute atomic E-state index is 0.0456. The highest BCUT2D eigenvalue weighted by molar-refractivity contribution is 5.94. The van der Waals surface area contributed by atoms with Crippen LogP contribution in [0.25, 0.3) is 0 Å². The van der Waals surface area contributed by atoms with Crippen molar-refractivity contribution in [2.24, 2.45) is 0 Å². The Hall–Kier alpha value is -2.74. The molecular weight excluding hydrogens is 310 g/mol. The molecule has 3 heterocycles. The molecule has 0 saturated carbocycles. The monoisotopic (exact) mass is 329 g/mol. The van der Waals surface area contributed by atoms with Crippen LogP contribution in [0, 0.1) is 0 Å². The van der Waals surface area contributed by atoms with E-state index in [2.05, 4.69) is 20.3 Å². The topological polar surface area (TPSA) is 100 Å². The standard InChI is InChI=1S/C16H19N5O3/c1-11(22)18-8-13-9-19-15(20-13)14-10-21(6-7-24-14)16(23)12-2-4-17-5-3-12/h2-5,9,14H,6-8,10H2,1H3,(H,18,22)(H,19,20). The molecule has 3 rings (SSSR count). The van der Waals surface area contributed by atoms with Gasteiger partial charge in [0.05, 0.1) is 31.6 Å². The second kappa shape index (κ2) is 7.22. The number of imidazole rings is 1.